The number of carboxylic acid groups (broad SMARTS) is 2. The number of carbonyl (C=O) groups excluding carboxylic acids is 2. The molecule has 0 radical (unpaired) electrons. The Labute approximate surface area is 270 Å². The monoisotopic (exact) mass is 658 g/mol. The number of aliphatic carboxylic acids is 2. The molecule has 1 atom stereocenters. The standard InChI is InChI=1S/C30H33F3N2O4.C4H4O4/c1-19-25(28(36)38-3)26(22-9-11-23(12-10-22)30(31,32)33)27(29(37)39-4)24(34(19)2)15-18-35-16-13-20-7-5-6-8-21(20)14-17-35;5-3(6)1-2-4(7)8/h5-12,26H,13-18H2,1-4H3;1-2H,(H,5,6)(H,7,8)/b;2-1+. The zero-order valence-corrected chi connectivity index (χ0v) is 26.5. The van der Waals surface area contributed by atoms with E-state index in [1.807, 2.05) is 12.1 Å². The number of benzene rings is 2. The third-order valence-electron chi connectivity index (χ3n) is 8.11. The molecule has 2 aliphatic heterocycles. The van der Waals surface area contributed by atoms with E-state index in [0.717, 1.165) is 38.1 Å². The van der Waals surface area contributed by atoms with E-state index in [0.29, 0.717) is 42.1 Å². The zero-order valence-electron chi connectivity index (χ0n) is 26.5. The summed E-state index contributed by atoms with van der Waals surface area (Å²) in [5.41, 5.74) is 3.89. The highest BCUT2D eigenvalue weighted by atomic mass is 19.4. The summed E-state index contributed by atoms with van der Waals surface area (Å²) < 4.78 is 50.0. The fourth-order valence-electron chi connectivity index (χ4n) is 5.65. The second kappa shape index (κ2) is 16.1. The number of carbonyl (C=O) groups is 4. The molecule has 0 bridgehead atoms. The first-order valence-electron chi connectivity index (χ1n) is 14.6. The Hall–Kier alpha value is -4.91. The average molecular weight is 659 g/mol. The Morgan fingerprint density at radius 1 is 0.851 bits per heavy atom. The third-order valence-corrected chi connectivity index (χ3v) is 8.11. The maximum absolute atomic E-state index is 13.3. The van der Waals surface area contributed by atoms with Crippen LogP contribution in [0.5, 0.6) is 0 Å². The van der Waals surface area contributed by atoms with Gasteiger partial charge < -0.3 is 29.5 Å². The van der Waals surface area contributed by atoms with E-state index in [4.69, 9.17) is 19.7 Å². The molecule has 2 aromatic rings. The predicted molar refractivity (Wildman–Crippen MR) is 165 cm³/mol. The lowest BCUT2D eigenvalue weighted by atomic mass is 9.79. The van der Waals surface area contributed by atoms with Gasteiger partial charge in [0, 0.05) is 56.6 Å². The first-order valence-corrected chi connectivity index (χ1v) is 14.6. The lowest BCUT2D eigenvalue weighted by molar-refractivity contribution is -0.139. The molecule has 1 unspecified atom stereocenters. The summed E-state index contributed by atoms with van der Waals surface area (Å²) in [7, 11) is 4.27. The molecule has 2 aliphatic rings. The van der Waals surface area contributed by atoms with Crippen LogP contribution in [0.15, 0.2) is 83.2 Å². The molecule has 0 saturated carbocycles. The van der Waals surface area contributed by atoms with Gasteiger partial charge in [-0.3, -0.25) is 0 Å². The van der Waals surface area contributed by atoms with Crippen LogP contribution in [-0.4, -0.2) is 84.8 Å². The van der Waals surface area contributed by atoms with Gasteiger partial charge >= 0.3 is 30.1 Å². The third kappa shape index (κ3) is 9.32. The number of hydrogen-bond acceptors (Lipinski definition) is 8. The van der Waals surface area contributed by atoms with Crippen LogP contribution in [0.25, 0.3) is 0 Å². The SMILES string of the molecule is COC(=O)C1=C(C)N(C)C(CCN2CCc3ccccc3CC2)=C(C(=O)OC)C1c1ccc(C(F)(F)F)cc1.O=C(O)/C=C/C(=O)O. The number of rotatable bonds is 8. The normalized spacial score (nSPS) is 17.0. The Kier molecular flexibility index (Phi) is 12.5. The highest BCUT2D eigenvalue weighted by Crippen LogP contribution is 2.44. The molecule has 252 valence electrons. The predicted octanol–water partition coefficient (Wildman–Crippen LogP) is 4.81. The average Bonchev–Trinajstić information content (AvgIpc) is 3.25. The summed E-state index contributed by atoms with van der Waals surface area (Å²) >= 11 is 0. The van der Waals surface area contributed by atoms with Crippen molar-refractivity contribution in [2.75, 3.05) is 40.9 Å². The number of hydrogen-bond donors (Lipinski definition) is 2. The number of methoxy groups -OCH3 is 2. The van der Waals surface area contributed by atoms with E-state index in [9.17, 15) is 32.3 Å². The fraction of sp³-hybridized carbons (Fsp3) is 0.353. The van der Waals surface area contributed by atoms with Gasteiger partial charge in [0.05, 0.1) is 36.8 Å². The Morgan fingerprint density at radius 2 is 1.34 bits per heavy atom. The molecule has 4 rings (SSSR count). The minimum atomic E-state index is -4.51. The van der Waals surface area contributed by atoms with Crippen molar-refractivity contribution >= 4 is 23.9 Å². The van der Waals surface area contributed by atoms with Crippen LogP contribution in [0.2, 0.25) is 0 Å². The molecule has 47 heavy (non-hydrogen) atoms. The second-order valence-electron chi connectivity index (χ2n) is 10.8. The number of fused-ring (bicyclic) bond motifs is 1. The van der Waals surface area contributed by atoms with Gasteiger partial charge in [0.25, 0.3) is 0 Å². The molecule has 0 spiro atoms. The Morgan fingerprint density at radius 3 is 1.79 bits per heavy atom. The van der Waals surface area contributed by atoms with Crippen molar-refractivity contribution in [1.29, 1.82) is 0 Å². The molecule has 10 nitrogen and oxygen atoms in total. The minimum Gasteiger partial charge on any atom is -0.478 e. The maximum Gasteiger partial charge on any atom is 0.416 e. The van der Waals surface area contributed by atoms with Crippen LogP contribution in [0.3, 0.4) is 0 Å². The summed E-state index contributed by atoms with van der Waals surface area (Å²) in [5, 5.41) is 15.6. The van der Waals surface area contributed by atoms with Gasteiger partial charge in [-0.2, -0.15) is 13.2 Å². The van der Waals surface area contributed by atoms with Crippen LogP contribution in [-0.2, 0) is 47.7 Å². The number of esters is 2. The molecule has 2 N–H and O–H groups in total. The second-order valence-corrected chi connectivity index (χ2v) is 10.8. The van der Waals surface area contributed by atoms with Gasteiger partial charge in [-0.05, 0) is 48.6 Å². The van der Waals surface area contributed by atoms with Gasteiger partial charge in [0.15, 0.2) is 0 Å². The van der Waals surface area contributed by atoms with Crippen LogP contribution < -0.4 is 0 Å². The smallest absolute Gasteiger partial charge is 0.416 e. The van der Waals surface area contributed by atoms with E-state index < -0.39 is 41.5 Å². The molecule has 2 heterocycles. The summed E-state index contributed by atoms with van der Waals surface area (Å²) in [5.74, 6) is -4.75. The first-order chi connectivity index (χ1) is 22.2. The molecule has 0 fully saturated rings. The molecule has 2 aromatic carbocycles. The van der Waals surface area contributed by atoms with Crippen molar-refractivity contribution in [3.8, 4) is 0 Å². The summed E-state index contributed by atoms with van der Waals surface area (Å²) in [6.07, 6.45) is -1.06. The van der Waals surface area contributed by atoms with Crippen LogP contribution in [0.1, 0.15) is 41.5 Å². The Bertz CT molecular complexity index is 1540. The number of alkyl halides is 3. The quantitative estimate of drug-likeness (QED) is 0.301. The molecule has 0 aromatic heterocycles. The van der Waals surface area contributed by atoms with Crippen molar-refractivity contribution in [1.82, 2.24) is 9.80 Å². The van der Waals surface area contributed by atoms with Crippen LogP contribution >= 0.6 is 0 Å². The van der Waals surface area contributed by atoms with Gasteiger partial charge in [-0.15, -0.1) is 0 Å². The molecule has 13 heteroatoms. The van der Waals surface area contributed by atoms with Crippen LogP contribution in [0.4, 0.5) is 13.2 Å². The van der Waals surface area contributed by atoms with E-state index in [1.165, 1.54) is 37.5 Å². The highest BCUT2D eigenvalue weighted by molar-refractivity contribution is 5.99. The van der Waals surface area contributed by atoms with Crippen molar-refractivity contribution < 1.29 is 52.0 Å². The molecular formula is C34H37F3N2O8. The summed E-state index contributed by atoms with van der Waals surface area (Å²) in [4.78, 5) is 49.5. The summed E-state index contributed by atoms with van der Waals surface area (Å²) in [6.45, 7) is 4.15. The van der Waals surface area contributed by atoms with Gasteiger partial charge in [0.1, 0.15) is 0 Å². The van der Waals surface area contributed by atoms with E-state index in [-0.39, 0.29) is 11.1 Å². The topological polar surface area (TPSA) is 134 Å². The maximum atomic E-state index is 13.3. The van der Waals surface area contributed by atoms with E-state index in [1.54, 1.807) is 18.9 Å². The van der Waals surface area contributed by atoms with Crippen molar-refractivity contribution in [2.45, 2.75) is 38.3 Å². The zero-order chi connectivity index (χ0) is 34.9. The van der Waals surface area contributed by atoms with Crippen molar-refractivity contribution in [2.24, 2.45) is 0 Å². The largest absolute Gasteiger partial charge is 0.478 e. The number of ether oxygens (including phenoxy) is 2. The van der Waals surface area contributed by atoms with Gasteiger partial charge in [-0.25, -0.2) is 19.2 Å². The summed E-state index contributed by atoms with van der Waals surface area (Å²) in [6, 6.07) is 12.9. The lowest BCUT2D eigenvalue weighted by Crippen LogP contribution is -2.36. The molecule has 0 aliphatic carbocycles. The molecular weight excluding hydrogens is 621 g/mol. The molecule has 0 saturated heterocycles. The number of allylic oxidation sites excluding steroid dienone is 1. The minimum absolute atomic E-state index is 0.189. The van der Waals surface area contributed by atoms with Gasteiger partial charge in [-0.1, -0.05) is 36.4 Å². The Balaban J connectivity index is 0.000000665. The van der Waals surface area contributed by atoms with E-state index >= 15 is 0 Å². The number of carboxylic acids is 2. The van der Waals surface area contributed by atoms with Gasteiger partial charge in [0.2, 0.25) is 0 Å². The fourth-order valence-corrected chi connectivity index (χ4v) is 5.65. The number of halogens is 3. The highest BCUT2D eigenvalue weighted by Gasteiger charge is 2.41. The molecule has 0 amide bonds. The lowest BCUT2D eigenvalue weighted by Gasteiger charge is -2.37. The van der Waals surface area contributed by atoms with Crippen LogP contribution in [0, 0.1) is 0 Å². The number of nitrogens with zero attached hydrogens (tertiary/aromatic N) is 2. The van der Waals surface area contributed by atoms with Crippen molar-refractivity contribution in [3.05, 3.63) is 105 Å². The van der Waals surface area contributed by atoms with Crippen molar-refractivity contribution in [3.63, 3.8) is 0 Å². The van der Waals surface area contributed by atoms with E-state index in [2.05, 4.69) is 17.0 Å². The first kappa shape index (κ1) is 36.6.